The SMILES string of the molecule is CCc1cc(Sc2nnc(-c3cnccn3)n2CC)nc(C)n1. The van der Waals surface area contributed by atoms with Crippen molar-refractivity contribution in [1.29, 1.82) is 0 Å². The van der Waals surface area contributed by atoms with Gasteiger partial charge in [0.25, 0.3) is 0 Å². The molecule has 3 aromatic rings. The summed E-state index contributed by atoms with van der Waals surface area (Å²) in [5.74, 6) is 1.48. The van der Waals surface area contributed by atoms with Crippen LogP contribution in [0.25, 0.3) is 11.5 Å². The van der Waals surface area contributed by atoms with Crippen LogP contribution in [0.2, 0.25) is 0 Å². The maximum atomic E-state index is 4.48. The van der Waals surface area contributed by atoms with Crippen molar-refractivity contribution in [1.82, 2.24) is 34.7 Å². The van der Waals surface area contributed by atoms with Gasteiger partial charge < -0.3 is 4.57 Å². The van der Waals surface area contributed by atoms with Gasteiger partial charge in [0.2, 0.25) is 0 Å². The van der Waals surface area contributed by atoms with Crippen LogP contribution >= 0.6 is 11.8 Å². The minimum Gasteiger partial charge on any atom is -0.301 e. The van der Waals surface area contributed by atoms with Crippen LogP contribution in [0.5, 0.6) is 0 Å². The van der Waals surface area contributed by atoms with Crippen LogP contribution in [0.3, 0.4) is 0 Å². The molecule has 3 aromatic heterocycles. The van der Waals surface area contributed by atoms with Crippen molar-refractivity contribution in [2.75, 3.05) is 0 Å². The molecule has 0 aliphatic heterocycles. The van der Waals surface area contributed by atoms with Gasteiger partial charge >= 0.3 is 0 Å². The van der Waals surface area contributed by atoms with E-state index in [0.717, 1.165) is 34.7 Å². The zero-order valence-corrected chi connectivity index (χ0v) is 14.1. The highest BCUT2D eigenvalue weighted by molar-refractivity contribution is 7.99. The highest BCUT2D eigenvalue weighted by Gasteiger charge is 2.16. The van der Waals surface area contributed by atoms with Gasteiger partial charge in [0.15, 0.2) is 11.0 Å². The molecule has 3 rings (SSSR count). The lowest BCUT2D eigenvalue weighted by atomic mass is 10.3. The van der Waals surface area contributed by atoms with E-state index in [1.54, 1.807) is 18.6 Å². The first kappa shape index (κ1) is 15.5. The topological polar surface area (TPSA) is 82.3 Å². The van der Waals surface area contributed by atoms with E-state index < -0.39 is 0 Å². The Hall–Kier alpha value is -2.35. The number of aromatic nitrogens is 7. The normalized spacial score (nSPS) is 10.9. The Bertz CT molecular complexity index is 801. The fourth-order valence-electron chi connectivity index (χ4n) is 2.18. The highest BCUT2D eigenvalue weighted by Crippen LogP contribution is 2.28. The van der Waals surface area contributed by atoms with Gasteiger partial charge in [-0.15, -0.1) is 10.2 Å². The summed E-state index contributed by atoms with van der Waals surface area (Å²) in [6.45, 7) is 6.78. The quantitative estimate of drug-likeness (QED) is 0.666. The van der Waals surface area contributed by atoms with E-state index in [1.165, 1.54) is 11.8 Å². The van der Waals surface area contributed by atoms with Crippen LogP contribution in [0.15, 0.2) is 34.8 Å². The molecule has 0 saturated carbocycles. The Morgan fingerprint density at radius 1 is 1.13 bits per heavy atom. The number of nitrogens with zero attached hydrogens (tertiary/aromatic N) is 7. The van der Waals surface area contributed by atoms with Crippen LogP contribution in [0.1, 0.15) is 25.4 Å². The number of hydrogen-bond donors (Lipinski definition) is 0. The lowest BCUT2D eigenvalue weighted by Crippen LogP contribution is -2.02. The summed E-state index contributed by atoms with van der Waals surface area (Å²) in [7, 11) is 0. The molecule has 0 saturated heterocycles. The summed E-state index contributed by atoms with van der Waals surface area (Å²) in [5.41, 5.74) is 1.73. The van der Waals surface area contributed by atoms with Crippen LogP contribution in [0.4, 0.5) is 0 Å². The number of hydrogen-bond acceptors (Lipinski definition) is 7. The lowest BCUT2D eigenvalue weighted by Gasteiger charge is -2.07. The van der Waals surface area contributed by atoms with Gasteiger partial charge in [0.1, 0.15) is 16.5 Å². The fraction of sp³-hybridized carbons (Fsp3) is 0.333. The first-order chi connectivity index (χ1) is 11.2. The van der Waals surface area contributed by atoms with Crippen molar-refractivity contribution in [3.63, 3.8) is 0 Å². The van der Waals surface area contributed by atoms with Crippen molar-refractivity contribution >= 4 is 11.8 Å². The van der Waals surface area contributed by atoms with Crippen LogP contribution < -0.4 is 0 Å². The first-order valence-electron chi connectivity index (χ1n) is 7.43. The van der Waals surface area contributed by atoms with Crippen molar-refractivity contribution in [2.24, 2.45) is 0 Å². The third-order valence-electron chi connectivity index (χ3n) is 3.25. The molecule has 0 aliphatic carbocycles. The van der Waals surface area contributed by atoms with Gasteiger partial charge in [-0.3, -0.25) is 4.98 Å². The van der Waals surface area contributed by atoms with Gasteiger partial charge in [-0.25, -0.2) is 15.0 Å². The first-order valence-corrected chi connectivity index (χ1v) is 8.25. The average Bonchev–Trinajstić information content (AvgIpc) is 2.97. The molecule has 0 bridgehead atoms. The lowest BCUT2D eigenvalue weighted by molar-refractivity contribution is 0.684. The smallest absolute Gasteiger partial charge is 0.197 e. The summed E-state index contributed by atoms with van der Waals surface area (Å²) in [4.78, 5) is 17.3. The largest absolute Gasteiger partial charge is 0.301 e. The van der Waals surface area contributed by atoms with Crippen LogP contribution in [-0.4, -0.2) is 34.7 Å². The van der Waals surface area contributed by atoms with Crippen LogP contribution in [-0.2, 0) is 13.0 Å². The summed E-state index contributed by atoms with van der Waals surface area (Å²) in [5, 5.41) is 10.2. The third-order valence-corrected chi connectivity index (χ3v) is 4.15. The van der Waals surface area contributed by atoms with Gasteiger partial charge in [0.05, 0.1) is 6.20 Å². The van der Waals surface area contributed by atoms with E-state index in [1.807, 2.05) is 17.6 Å². The van der Waals surface area contributed by atoms with E-state index in [-0.39, 0.29) is 0 Å². The molecule has 0 unspecified atom stereocenters. The molecular formula is C15H17N7S. The Morgan fingerprint density at radius 2 is 2.00 bits per heavy atom. The monoisotopic (exact) mass is 327 g/mol. The molecule has 0 aromatic carbocycles. The molecule has 0 atom stereocenters. The molecule has 0 amide bonds. The molecular weight excluding hydrogens is 310 g/mol. The number of rotatable bonds is 5. The number of aryl methyl sites for hydroxylation is 2. The van der Waals surface area contributed by atoms with Crippen molar-refractivity contribution in [2.45, 2.75) is 43.9 Å². The second-order valence-electron chi connectivity index (χ2n) is 4.84. The third kappa shape index (κ3) is 3.37. The Labute approximate surface area is 138 Å². The average molecular weight is 327 g/mol. The Balaban J connectivity index is 1.95. The predicted octanol–water partition coefficient (Wildman–Crippen LogP) is 2.57. The molecule has 0 N–H and O–H groups in total. The molecule has 0 aliphatic rings. The molecule has 7 nitrogen and oxygen atoms in total. The van der Waals surface area contributed by atoms with E-state index in [0.29, 0.717) is 11.5 Å². The minimum absolute atomic E-state index is 0.710. The van der Waals surface area contributed by atoms with Crippen molar-refractivity contribution in [3.05, 3.63) is 36.2 Å². The van der Waals surface area contributed by atoms with Crippen molar-refractivity contribution in [3.8, 4) is 11.5 Å². The summed E-state index contributed by atoms with van der Waals surface area (Å²) in [6.07, 6.45) is 5.86. The summed E-state index contributed by atoms with van der Waals surface area (Å²) in [6, 6.07) is 1.99. The summed E-state index contributed by atoms with van der Waals surface area (Å²) >= 11 is 1.49. The van der Waals surface area contributed by atoms with E-state index in [9.17, 15) is 0 Å². The molecule has 8 heteroatoms. The van der Waals surface area contributed by atoms with E-state index >= 15 is 0 Å². The van der Waals surface area contributed by atoms with Gasteiger partial charge in [-0.05, 0) is 38.1 Å². The second kappa shape index (κ2) is 6.82. The minimum atomic E-state index is 0.710. The Morgan fingerprint density at radius 3 is 2.70 bits per heavy atom. The predicted molar refractivity (Wildman–Crippen MR) is 87.0 cm³/mol. The zero-order valence-electron chi connectivity index (χ0n) is 13.3. The van der Waals surface area contributed by atoms with Gasteiger partial charge in [0, 0.05) is 24.6 Å². The maximum Gasteiger partial charge on any atom is 0.197 e. The van der Waals surface area contributed by atoms with E-state index in [4.69, 9.17) is 0 Å². The molecule has 0 spiro atoms. The van der Waals surface area contributed by atoms with Gasteiger partial charge in [-0.1, -0.05) is 6.92 Å². The fourth-order valence-corrected chi connectivity index (χ4v) is 3.15. The van der Waals surface area contributed by atoms with Crippen LogP contribution in [0, 0.1) is 6.92 Å². The van der Waals surface area contributed by atoms with Gasteiger partial charge in [-0.2, -0.15) is 0 Å². The molecule has 23 heavy (non-hydrogen) atoms. The summed E-state index contributed by atoms with van der Waals surface area (Å²) < 4.78 is 2.01. The van der Waals surface area contributed by atoms with E-state index in [2.05, 4.69) is 44.0 Å². The molecule has 118 valence electrons. The molecule has 0 radical (unpaired) electrons. The highest BCUT2D eigenvalue weighted by atomic mass is 32.2. The van der Waals surface area contributed by atoms with Crippen molar-refractivity contribution < 1.29 is 0 Å². The maximum absolute atomic E-state index is 4.48. The molecule has 0 fully saturated rings. The molecule has 3 heterocycles. The Kier molecular flexibility index (Phi) is 4.61. The zero-order chi connectivity index (χ0) is 16.2. The second-order valence-corrected chi connectivity index (χ2v) is 5.83. The standard InChI is InChI=1S/C15H17N7S/c1-4-11-8-13(19-10(3)18-11)23-15-21-20-14(22(15)5-2)12-9-16-6-7-17-12/h6-9H,4-5H2,1-3H3.